The van der Waals surface area contributed by atoms with Crippen LogP contribution in [0.2, 0.25) is 0 Å². The fourth-order valence-corrected chi connectivity index (χ4v) is 5.49. The number of benzene rings is 1. The lowest BCUT2D eigenvalue weighted by Crippen LogP contribution is -2.29. The number of amides is 2. The van der Waals surface area contributed by atoms with E-state index >= 15 is 0 Å². The Morgan fingerprint density at radius 3 is 2.72 bits per heavy atom. The van der Waals surface area contributed by atoms with E-state index < -0.39 is 5.91 Å². The fourth-order valence-electron chi connectivity index (χ4n) is 4.41. The molecule has 0 radical (unpaired) electrons. The molecule has 2 amide bonds. The molecule has 162 valence electrons. The smallest absolute Gasteiger partial charge is 0.259 e. The molecule has 1 saturated heterocycles. The van der Waals surface area contributed by atoms with Gasteiger partial charge in [-0.2, -0.15) is 0 Å². The van der Waals surface area contributed by atoms with Gasteiger partial charge in [0.2, 0.25) is 0 Å². The number of carbonyl (C=O) groups excluding carboxylic acids is 2. The maximum Gasteiger partial charge on any atom is 0.259 e. The second-order valence-corrected chi connectivity index (χ2v) is 9.13. The van der Waals surface area contributed by atoms with Crippen LogP contribution in [-0.4, -0.2) is 39.9 Å². The van der Waals surface area contributed by atoms with Crippen LogP contribution in [0.5, 0.6) is 0 Å². The van der Waals surface area contributed by atoms with Gasteiger partial charge in [0.1, 0.15) is 21.8 Å². The highest BCUT2D eigenvalue weighted by atomic mass is 32.1. The Balaban J connectivity index is 1.47. The van der Waals surface area contributed by atoms with E-state index in [0.717, 1.165) is 33.3 Å². The number of nitrogens with zero attached hydrogens (tertiary/aromatic N) is 3. The molecule has 1 aliphatic rings. The van der Waals surface area contributed by atoms with Crippen LogP contribution in [0, 0.1) is 13.8 Å². The van der Waals surface area contributed by atoms with E-state index in [2.05, 4.69) is 10.1 Å². The SMILES string of the molecule is Cc1ccc(-c2noc(C)c2C(=O)N2CC[C@@H](c3c(C(N)=O)sc4ncccc34)C2)cc1. The van der Waals surface area contributed by atoms with E-state index in [1.54, 1.807) is 13.1 Å². The lowest BCUT2D eigenvalue weighted by atomic mass is 9.95. The van der Waals surface area contributed by atoms with E-state index in [1.807, 2.05) is 48.2 Å². The maximum atomic E-state index is 13.5. The number of rotatable bonds is 4. The minimum atomic E-state index is -0.454. The van der Waals surface area contributed by atoms with Crippen molar-refractivity contribution >= 4 is 33.4 Å². The van der Waals surface area contributed by atoms with Crippen LogP contribution in [0.1, 0.15) is 49.3 Å². The van der Waals surface area contributed by atoms with Crippen LogP contribution in [-0.2, 0) is 0 Å². The Bertz CT molecular complexity index is 1340. The lowest BCUT2D eigenvalue weighted by Gasteiger charge is -2.17. The molecular weight excluding hydrogens is 424 g/mol. The minimum Gasteiger partial charge on any atom is -0.365 e. The summed E-state index contributed by atoms with van der Waals surface area (Å²) in [6.07, 6.45) is 2.45. The summed E-state index contributed by atoms with van der Waals surface area (Å²) in [4.78, 5) is 33.1. The number of pyridine rings is 1. The third-order valence-electron chi connectivity index (χ3n) is 6.01. The van der Waals surface area contributed by atoms with Crippen molar-refractivity contribution in [3.05, 3.63) is 69.9 Å². The van der Waals surface area contributed by atoms with E-state index in [9.17, 15) is 9.59 Å². The van der Waals surface area contributed by atoms with Gasteiger partial charge < -0.3 is 15.2 Å². The molecular formula is C24H22N4O3S. The van der Waals surface area contributed by atoms with Crippen LogP contribution in [0.15, 0.2) is 47.1 Å². The van der Waals surface area contributed by atoms with E-state index in [4.69, 9.17) is 10.3 Å². The fraction of sp³-hybridized carbons (Fsp3) is 0.250. The van der Waals surface area contributed by atoms with Crippen LogP contribution < -0.4 is 5.73 Å². The van der Waals surface area contributed by atoms with Gasteiger partial charge in [-0.15, -0.1) is 11.3 Å². The molecule has 32 heavy (non-hydrogen) atoms. The van der Waals surface area contributed by atoms with Crippen molar-refractivity contribution in [3.63, 3.8) is 0 Å². The third kappa shape index (κ3) is 3.36. The number of aromatic nitrogens is 2. The van der Waals surface area contributed by atoms with Crippen molar-refractivity contribution < 1.29 is 14.1 Å². The van der Waals surface area contributed by atoms with Gasteiger partial charge in [0.15, 0.2) is 0 Å². The molecule has 8 heteroatoms. The maximum absolute atomic E-state index is 13.5. The average molecular weight is 447 g/mol. The summed E-state index contributed by atoms with van der Waals surface area (Å²) in [5, 5.41) is 5.10. The molecule has 1 atom stereocenters. The largest absolute Gasteiger partial charge is 0.365 e. The highest BCUT2D eigenvalue weighted by Crippen LogP contribution is 2.40. The summed E-state index contributed by atoms with van der Waals surface area (Å²) in [5.74, 6) is -0.0520. The number of hydrogen-bond acceptors (Lipinski definition) is 6. The first-order valence-corrected chi connectivity index (χ1v) is 11.3. The Kier molecular flexibility index (Phi) is 5.01. The number of aryl methyl sites for hydroxylation is 2. The van der Waals surface area contributed by atoms with Crippen LogP contribution in [0.4, 0.5) is 0 Å². The Hall–Kier alpha value is -3.52. The molecule has 4 aromatic rings. The van der Waals surface area contributed by atoms with Crippen molar-refractivity contribution in [2.45, 2.75) is 26.2 Å². The zero-order chi connectivity index (χ0) is 22.4. The first-order chi connectivity index (χ1) is 15.4. The van der Waals surface area contributed by atoms with Crippen molar-refractivity contribution in [2.24, 2.45) is 5.73 Å². The second-order valence-electron chi connectivity index (χ2n) is 8.13. The quantitative estimate of drug-likeness (QED) is 0.504. The van der Waals surface area contributed by atoms with Gasteiger partial charge in [-0.3, -0.25) is 9.59 Å². The normalized spacial score (nSPS) is 16.1. The predicted molar refractivity (Wildman–Crippen MR) is 123 cm³/mol. The molecule has 4 heterocycles. The average Bonchev–Trinajstić information content (AvgIpc) is 3.50. The molecule has 7 nitrogen and oxygen atoms in total. The molecule has 0 saturated carbocycles. The molecule has 2 N–H and O–H groups in total. The summed E-state index contributed by atoms with van der Waals surface area (Å²) in [5.41, 5.74) is 9.60. The summed E-state index contributed by atoms with van der Waals surface area (Å²) < 4.78 is 5.40. The van der Waals surface area contributed by atoms with Gasteiger partial charge in [0, 0.05) is 36.2 Å². The summed E-state index contributed by atoms with van der Waals surface area (Å²) in [6, 6.07) is 11.7. The number of primary amides is 1. The van der Waals surface area contributed by atoms with Crippen LogP contribution in [0.3, 0.4) is 0 Å². The molecule has 0 spiro atoms. The number of likely N-dealkylation sites (tertiary alicyclic amines) is 1. The molecule has 0 aliphatic carbocycles. The molecule has 3 aromatic heterocycles. The zero-order valence-corrected chi connectivity index (χ0v) is 18.6. The van der Waals surface area contributed by atoms with Gasteiger partial charge in [0.05, 0.1) is 4.88 Å². The zero-order valence-electron chi connectivity index (χ0n) is 17.8. The van der Waals surface area contributed by atoms with E-state index in [-0.39, 0.29) is 11.8 Å². The number of nitrogens with two attached hydrogens (primary N) is 1. The minimum absolute atomic E-state index is 0.0161. The van der Waals surface area contributed by atoms with Gasteiger partial charge in [-0.25, -0.2) is 4.98 Å². The first-order valence-electron chi connectivity index (χ1n) is 10.4. The van der Waals surface area contributed by atoms with E-state index in [1.165, 1.54) is 11.3 Å². The molecule has 1 aromatic carbocycles. The first kappa shape index (κ1) is 20.4. The molecule has 0 unspecified atom stereocenters. The van der Waals surface area contributed by atoms with Gasteiger partial charge >= 0.3 is 0 Å². The third-order valence-corrected chi connectivity index (χ3v) is 7.16. The molecule has 1 aliphatic heterocycles. The summed E-state index contributed by atoms with van der Waals surface area (Å²) in [6.45, 7) is 4.85. The number of carbonyl (C=O) groups is 2. The standard InChI is InChI=1S/C24H22N4O3S/c1-13-5-7-15(8-6-13)20-18(14(2)31-27-20)24(30)28-11-9-16(12-28)19-17-4-3-10-26-23(17)32-21(19)22(25)29/h3-8,10,16H,9,11-12H2,1-2H3,(H2,25,29)/t16-/m1/s1. The molecule has 5 rings (SSSR count). The van der Waals surface area contributed by atoms with Crippen molar-refractivity contribution in [3.8, 4) is 11.3 Å². The predicted octanol–water partition coefficient (Wildman–Crippen LogP) is 4.30. The highest BCUT2D eigenvalue weighted by Gasteiger charge is 2.35. The summed E-state index contributed by atoms with van der Waals surface area (Å²) >= 11 is 1.32. The van der Waals surface area contributed by atoms with Crippen molar-refractivity contribution in [1.82, 2.24) is 15.0 Å². The Labute approximate surface area is 188 Å². The van der Waals surface area contributed by atoms with E-state index in [0.29, 0.717) is 35.0 Å². The lowest BCUT2D eigenvalue weighted by molar-refractivity contribution is 0.0789. The van der Waals surface area contributed by atoms with Crippen LogP contribution in [0.25, 0.3) is 21.5 Å². The van der Waals surface area contributed by atoms with Gasteiger partial charge in [-0.05, 0) is 31.9 Å². The topological polar surface area (TPSA) is 102 Å². The molecule has 0 bridgehead atoms. The Morgan fingerprint density at radius 2 is 1.97 bits per heavy atom. The Morgan fingerprint density at radius 1 is 1.19 bits per heavy atom. The number of fused-ring (bicyclic) bond motifs is 1. The second kappa shape index (κ2) is 7.87. The monoisotopic (exact) mass is 446 g/mol. The summed E-state index contributed by atoms with van der Waals surface area (Å²) in [7, 11) is 0. The number of thiophene rings is 1. The highest BCUT2D eigenvalue weighted by molar-refractivity contribution is 7.20. The number of hydrogen-bond donors (Lipinski definition) is 1. The van der Waals surface area contributed by atoms with Crippen LogP contribution >= 0.6 is 11.3 Å². The van der Waals surface area contributed by atoms with Gasteiger partial charge in [-0.1, -0.05) is 41.1 Å². The molecule has 1 fully saturated rings. The van der Waals surface area contributed by atoms with Gasteiger partial charge in [0.25, 0.3) is 11.8 Å². The van der Waals surface area contributed by atoms with Crippen molar-refractivity contribution in [1.29, 1.82) is 0 Å². The van der Waals surface area contributed by atoms with Crippen molar-refractivity contribution in [2.75, 3.05) is 13.1 Å².